The second-order valence-corrected chi connectivity index (χ2v) is 6.83. The SMILES string of the molecule is NC(=O)C[C@H](NC(=O)[C@H](CS)NC(=O)[C@H](CS)NC(=O)[C@@H](N)CCC(=O)O)C(=O)O. The maximum absolute atomic E-state index is 12.4. The van der Waals surface area contributed by atoms with Crippen LogP contribution >= 0.6 is 25.3 Å². The van der Waals surface area contributed by atoms with Crippen LogP contribution < -0.4 is 27.4 Å². The highest BCUT2D eigenvalue weighted by Crippen LogP contribution is 2.00. The van der Waals surface area contributed by atoms with E-state index in [2.05, 4.69) is 41.2 Å². The molecule has 0 saturated heterocycles. The first-order valence-electron chi connectivity index (χ1n) is 8.54. The minimum atomic E-state index is -1.60. The predicted octanol–water partition coefficient (Wildman–Crippen LogP) is -3.55. The van der Waals surface area contributed by atoms with E-state index in [0.29, 0.717) is 0 Å². The van der Waals surface area contributed by atoms with Crippen LogP contribution in [-0.4, -0.2) is 81.5 Å². The second kappa shape index (κ2) is 13.7. The summed E-state index contributed by atoms with van der Waals surface area (Å²) in [6, 6.07) is -5.28. The van der Waals surface area contributed by atoms with E-state index in [9.17, 15) is 28.8 Å². The number of hydrogen-bond donors (Lipinski definition) is 9. The Morgan fingerprint density at radius 3 is 1.60 bits per heavy atom. The van der Waals surface area contributed by atoms with Crippen LogP contribution in [0, 0.1) is 0 Å². The van der Waals surface area contributed by atoms with Gasteiger partial charge in [0.15, 0.2) is 0 Å². The topological polar surface area (TPSA) is 231 Å². The summed E-state index contributed by atoms with van der Waals surface area (Å²) >= 11 is 7.87. The lowest BCUT2D eigenvalue weighted by Gasteiger charge is -2.23. The Labute approximate surface area is 182 Å². The first-order chi connectivity index (χ1) is 13.9. The molecule has 0 aliphatic heterocycles. The van der Waals surface area contributed by atoms with Crippen molar-refractivity contribution in [3.63, 3.8) is 0 Å². The summed E-state index contributed by atoms with van der Waals surface area (Å²) in [6.45, 7) is 0. The zero-order valence-corrected chi connectivity index (χ0v) is 17.5. The number of aliphatic carboxylic acids is 2. The number of carbonyl (C=O) groups excluding carboxylic acids is 4. The van der Waals surface area contributed by atoms with E-state index in [-0.39, 0.29) is 24.3 Å². The van der Waals surface area contributed by atoms with E-state index in [0.717, 1.165) is 0 Å². The van der Waals surface area contributed by atoms with E-state index < -0.39 is 66.2 Å². The first kappa shape index (κ1) is 27.5. The van der Waals surface area contributed by atoms with Gasteiger partial charge < -0.3 is 37.6 Å². The van der Waals surface area contributed by atoms with Crippen LogP contribution in [0.3, 0.4) is 0 Å². The van der Waals surface area contributed by atoms with Gasteiger partial charge in [-0.25, -0.2) is 4.79 Å². The molecule has 0 aliphatic rings. The van der Waals surface area contributed by atoms with Crippen LogP contribution in [0.15, 0.2) is 0 Å². The predicted molar refractivity (Wildman–Crippen MR) is 110 cm³/mol. The number of thiol groups is 2. The third-order valence-electron chi connectivity index (χ3n) is 3.66. The largest absolute Gasteiger partial charge is 0.481 e. The van der Waals surface area contributed by atoms with E-state index in [1.165, 1.54) is 0 Å². The molecule has 0 aromatic heterocycles. The van der Waals surface area contributed by atoms with Crippen molar-refractivity contribution in [3.05, 3.63) is 0 Å². The molecule has 0 heterocycles. The highest BCUT2D eigenvalue weighted by Gasteiger charge is 2.29. The summed E-state index contributed by atoms with van der Waals surface area (Å²) in [5, 5.41) is 24.3. The molecule has 15 heteroatoms. The Morgan fingerprint density at radius 1 is 0.800 bits per heavy atom. The van der Waals surface area contributed by atoms with Crippen LogP contribution in [0.1, 0.15) is 19.3 Å². The fourth-order valence-corrected chi connectivity index (χ4v) is 2.54. The number of carboxylic acid groups (broad SMARTS) is 2. The molecule has 0 spiro atoms. The third kappa shape index (κ3) is 10.3. The van der Waals surface area contributed by atoms with Gasteiger partial charge in [0.25, 0.3) is 0 Å². The average molecular weight is 468 g/mol. The Balaban J connectivity index is 4.97. The van der Waals surface area contributed by atoms with Crippen molar-refractivity contribution in [2.45, 2.75) is 43.4 Å². The summed E-state index contributed by atoms with van der Waals surface area (Å²) < 4.78 is 0. The molecule has 4 amide bonds. The van der Waals surface area contributed by atoms with E-state index in [1.807, 2.05) is 0 Å². The van der Waals surface area contributed by atoms with Gasteiger partial charge in [0.05, 0.1) is 12.5 Å². The number of hydrogen-bond acceptors (Lipinski definition) is 9. The van der Waals surface area contributed by atoms with Gasteiger partial charge >= 0.3 is 11.9 Å². The van der Waals surface area contributed by atoms with Crippen molar-refractivity contribution in [1.29, 1.82) is 0 Å². The molecule has 0 bridgehead atoms. The quantitative estimate of drug-likeness (QED) is 0.115. The molecule has 4 atom stereocenters. The van der Waals surface area contributed by atoms with Gasteiger partial charge in [0.1, 0.15) is 18.1 Å². The highest BCUT2D eigenvalue weighted by atomic mass is 32.1. The highest BCUT2D eigenvalue weighted by molar-refractivity contribution is 7.80. The molecule has 13 nitrogen and oxygen atoms in total. The molecule has 0 radical (unpaired) electrons. The van der Waals surface area contributed by atoms with E-state index in [4.69, 9.17) is 21.7 Å². The summed E-state index contributed by atoms with van der Waals surface area (Å²) in [5.74, 6) is -6.55. The van der Waals surface area contributed by atoms with Gasteiger partial charge in [-0.15, -0.1) is 0 Å². The maximum atomic E-state index is 12.4. The van der Waals surface area contributed by atoms with Gasteiger partial charge in [-0.3, -0.25) is 24.0 Å². The number of nitrogens with two attached hydrogens (primary N) is 2. The Kier molecular flexibility index (Phi) is 12.5. The first-order valence-corrected chi connectivity index (χ1v) is 9.80. The summed E-state index contributed by atoms with van der Waals surface area (Å²) in [5.41, 5.74) is 10.5. The van der Waals surface area contributed by atoms with Crippen LogP contribution in [0.25, 0.3) is 0 Å². The maximum Gasteiger partial charge on any atom is 0.326 e. The van der Waals surface area contributed by atoms with Crippen molar-refractivity contribution in [1.82, 2.24) is 16.0 Å². The lowest BCUT2D eigenvalue weighted by molar-refractivity contribution is -0.143. The summed E-state index contributed by atoms with van der Waals surface area (Å²) in [7, 11) is 0. The molecule has 170 valence electrons. The molecule has 30 heavy (non-hydrogen) atoms. The Bertz CT molecular complexity index is 677. The number of primary amides is 1. The zero-order chi connectivity index (χ0) is 23.4. The minimum Gasteiger partial charge on any atom is -0.481 e. The van der Waals surface area contributed by atoms with Crippen LogP contribution in [0.2, 0.25) is 0 Å². The molecule has 0 aromatic rings. The number of carboxylic acids is 2. The number of carbonyl (C=O) groups is 6. The lowest BCUT2D eigenvalue weighted by Crippen LogP contribution is -2.58. The normalized spacial score (nSPS) is 14.5. The molecule has 0 aliphatic carbocycles. The van der Waals surface area contributed by atoms with Gasteiger partial charge in [0.2, 0.25) is 23.6 Å². The van der Waals surface area contributed by atoms with Gasteiger partial charge in [-0.05, 0) is 6.42 Å². The number of nitrogens with one attached hydrogen (secondary N) is 3. The van der Waals surface area contributed by atoms with Crippen molar-refractivity contribution in [3.8, 4) is 0 Å². The molecule has 0 fully saturated rings. The molecule has 0 aromatic carbocycles. The molecule has 0 unspecified atom stereocenters. The zero-order valence-electron chi connectivity index (χ0n) is 15.7. The van der Waals surface area contributed by atoms with E-state index >= 15 is 0 Å². The lowest BCUT2D eigenvalue weighted by atomic mass is 10.1. The average Bonchev–Trinajstić information content (AvgIpc) is 2.66. The minimum absolute atomic E-state index is 0.153. The monoisotopic (exact) mass is 467 g/mol. The second-order valence-electron chi connectivity index (χ2n) is 6.10. The van der Waals surface area contributed by atoms with Gasteiger partial charge in [-0.2, -0.15) is 25.3 Å². The van der Waals surface area contributed by atoms with E-state index in [1.54, 1.807) is 0 Å². The standard InChI is InChI=1S/C15H25N5O8S2/c16-6(1-2-11(22)23)12(24)19-8(4-29)14(26)20-9(5-30)13(25)18-7(15(27)28)3-10(17)21/h6-9,29-30H,1-5,16H2,(H2,17,21)(H,18,25)(H,19,24)(H,20,26)(H,22,23)(H,27,28)/t6-,7-,8-,9-/m0/s1. The smallest absolute Gasteiger partial charge is 0.326 e. The summed E-state index contributed by atoms with van der Waals surface area (Å²) in [6.07, 6.45) is -1.15. The fourth-order valence-electron chi connectivity index (χ4n) is 2.02. The Hall–Kier alpha value is -2.52. The third-order valence-corrected chi connectivity index (χ3v) is 4.39. The van der Waals surface area contributed by atoms with Crippen LogP contribution in [-0.2, 0) is 28.8 Å². The summed E-state index contributed by atoms with van der Waals surface area (Å²) in [4.78, 5) is 69.1. The van der Waals surface area contributed by atoms with Gasteiger partial charge in [0, 0.05) is 17.9 Å². The molecule has 0 saturated carbocycles. The molecule has 9 N–H and O–H groups in total. The van der Waals surface area contributed by atoms with Crippen molar-refractivity contribution >= 4 is 60.8 Å². The number of amides is 4. The number of rotatable bonds is 14. The fraction of sp³-hybridized carbons (Fsp3) is 0.600. The van der Waals surface area contributed by atoms with Crippen LogP contribution in [0.5, 0.6) is 0 Å². The molecule has 0 rings (SSSR count). The van der Waals surface area contributed by atoms with Crippen molar-refractivity contribution in [2.24, 2.45) is 11.5 Å². The van der Waals surface area contributed by atoms with Crippen molar-refractivity contribution in [2.75, 3.05) is 11.5 Å². The van der Waals surface area contributed by atoms with Crippen molar-refractivity contribution < 1.29 is 39.0 Å². The molecular formula is C15H25N5O8S2. The van der Waals surface area contributed by atoms with Crippen LogP contribution in [0.4, 0.5) is 0 Å². The molecular weight excluding hydrogens is 442 g/mol. The van der Waals surface area contributed by atoms with Gasteiger partial charge in [-0.1, -0.05) is 0 Å². The Morgan fingerprint density at radius 2 is 1.23 bits per heavy atom.